The Hall–Kier alpha value is -1.85. The van der Waals surface area contributed by atoms with E-state index in [-0.39, 0.29) is 0 Å². The van der Waals surface area contributed by atoms with Crippen LogP contribution in [0, 0.1) is 5.92 Å². The molecule has 4 heterocycles. The molecule has 25 heavy (non-hydrogen) atoms. The second-order valence-corrected chi connectivity index (χ2v) is 7.12. The van der Waals surface area contributed by atoms with Crippen molar-refractivity contribution in [1.29, 1.82) is 0 Å². The lowest BCUT2D eigenvalue weighted by atomic mass is 9.98. The number of ether oxygens (including phenoxy) is 2. The topological polar surface area (TPSA) is 39.5 Å². The van der Waals surface area contributed by atoms with Gasteiger partial charge < -0.3 is 14.0 Å². The zero-order chi connectivity index (χ0) is 16.9. The van der Waals surface area contributed by atoms with Crippen LogP contribution in [0.15, 0.2) is 42.7 Å². The maximum atomic E-state index is 5.83. The van der Waals surface area contributed by atoms with Gasteiger partial charge in [0.25, 0.3) is 0 Å². The molecule has 5 nitrogen and oxygen atoms in total. The minimum absolute atomic E-state index is 0.474. The smallest absolute Gasteiger partial charge is 0.213 e. The molecule has 0 bridgehead atoms. The largest absolute Gasteiger partial charge is 0.478 e. The van der Waals surface area contributed by atoms with E-state index in [4.69, 9.17) is 9.47 Å². The quantitative estimate of drug-likeness (QED) is 0.809. The Morgan fingerprint density at radius 3 is 2.92 bits per heavy atom. The summed E-state index contributed by atoms with van der Waals surface area (Å²) in [5.74, 6) is 1.49. The van der Waals surface area contributed by atoms with Crippen LogP contribution in [-0.4, -0.2) is 47.4 Å². The molecule has 0 amide bonds. The first-order valence-electron chi connectivity index (χ1n) is 9.38. The van der Waals surface area contributed by atoms with Crippen molar-refractivity contribution >= 4 is 0 Å². The van der Waals surface area contributed by atoms with Crippen molar-refractivity contribution in [2.45, 2.75) is 31.8 Å². The number of rotatable bonds is 6. The molecule has 0 aliphatic carbocycles. The lowest BCUT2D eigenvalue weighted by molar-refractivity contribution is 0.0445. The molecule has 2 aromatic rings. The van der Waals surface area contributed by atoms with Gasteiger partial charge in [0.2, 0.25) is 5.88 Å². The summed E-state index contributed by atoms with van der Waals surface area (Å²) < 4.78 is 13.8. The van der Waals surface area contributed by atoms with Crippen LogP contribution in [0.5, 0.6) is 5.88 Å². The van der Waals surface area contributed by atoms with Gasteiger partial charge in [-0.1, -0.05) is 6.07 Å². The highest BCUT2D eigenvalue weighted by Crippen LogP contribution is 2.27. The molecule has 0 N–H and O–H groups in total. The van der Waals surface area contributed by atoms with Crippen LogP contribution in [0.4, 0.5) is 0 Å². The minimum Gasteiger partial charge on any atom is -0.478 e. The summed E-state index contributed by atoms with van der Waals surface area (Å²) in [6, 6.07) is 10.7. The first kappa shape index (κ1) is 16.6. The Labute approximate surface area is 149 Å². The highest BCUT2D eigenvalue weighted by Gasteiger charge is 2.26. The SMILES string of the molecule is c1ccc(OCC[C@H]2CN(CC3CCOCC3)Cc3cccn32)nc1. The van der Waals surface area contributed by atoms with Crippen LogP contribution < -0.4 is 4.74 Å². The van der Waals surface area contributed by atoms with Gasteiger partial charge in [-0.15, -0.1) is 0 Å². The van der Waals surface area contributed by atoms with Crippen molar-refractivity contribution in [3.05, 3.63) is 48.4 Å². The number of aromatic nitrogens is 2. The van der Waals surface area contributed by atoms with Gasteiger partial charge in [-0.25, -0.2) is 4.98 Å². The van der Waals surface area contributed by atoms with Crippen LogP contribution in [0.3, 0.4) is 0 Å². The standard InChI is InChI=1S/C20H27N3O2/c1-2-9-21-20(5-1)25-13-8-19-16-22(14-17-6-11-24-12-7-17)15-18-4-3-10-23(18)19/h1-5,9-10,17,19H,6-8,11-16H2/t19-/m0/s1. The Kier molecular flexibility index (Phi) is 5.33. The number of hydrogen-bond donors (Lipinski definition) is 0. The van der Waals surface area contributed by atoms with Gasteiger partial charge >= 0.3 is 0 Å². The van der Waals surface area contributed by atoms with Crippen molar-refractivity contribution in [3.8, 4) is 5.88 Å². The normalized spacial score (nSPS) is 21.8. The predicted molar refractivity (Wildman–Crippen MR) is 96.6 cm³/mol. The van der Waals surface area contributed by atoms with Gasteiger partial charge in [0.05, 0.1) is 6.61 Å². The van der Waals surface area contributed by atoms with Crippen molar-refractivity contribution in [2.24, 2.45) is 5.92 Å². The van der Waals surface area contributed by atoms with E-state index in [1.807, 2.05) is 18.2 Å². The van der Waals surface area contributed by atoms with E-state index in [1.165, 1.54) is 25.1 Å². The third-order valence-corrected chi connectivity index (χ3v) is 5.31. The van der Waals surface area contributed by atoms with E-state index in [2.05, 4.69) is 32.8 Å². The van der Waals surface area contributed by atoms with Crippen LogP contribution in [0.1, 0.15) is 31.0 Å². The second-order valence-electron chi connectivity index (χ2n) is 7.12. The Bertz CT molecular complexity index is 652. The molecule has 1 atom stereocenters. The molecule has 2 aliphatic rings. The van der Waals surface area contributed by atoms with Gasteiger partial charge in [0, 0.05) is 69.5 Å². The number of nitrogens with zero attached hydrogens (tertiary/aromatic N) is 3. The molecule has 1 fully saturated rings. The lowest BCUT2D eigenvalue weighted by Crippen LogP contribution is -2.41. The van der Waals surface area contributed by atoms with Crippen LogP contribution in [0.25, 0.3) is 0 Å². The van der Waals surface area contributed by atoms with E-state index in [0.29, 0.717) is 18.5 Å². The van der Waals surface area contributed by atoms with Gasteiger partial charge in [0.15, 0.2) is 0 Å². The predicted octanol–water partition coefficient (Wildman–Crippen LogP) is 3.14. The van der Waals surface area contributed by atoms with E-state index >= 15 is 0 Å². The summed E-state index contributed by atoms with van der Waals surface area (Å²) in [5.41, 5.74) is 1.42. The Morgan fingerprint density at radius 2 is 2.08 bits per heavy atom. The molecule has 0 aromatic carbocycles. The van der Waals surface area contributed by atoms with Gasteiger partial charge in [-0.3, -0.25) is 4.90 Å². The lowest BCUT2D eigenvalue weighted by Gasteiger charge is -2.37. The van der Waals surface area contributed by atoms with Crippen LogP contribution in [0.2, 0.25) is 0 Å². The molecular formula is C20H27N3O2. The monoisotopic (exact) mass is 341 g/mol. The molecule has 0 unspecified atom stereocenters. The van der Waals surface area contributed by atoms with E-state index in [1.54, 1.807) is 6.20 Å². The van der Waals surface area contributed by atoms with Crippen LogP contribution in [-0.2, 0) is 11.3 Å². The first-order chi connectivity index (χ1) is 12.4. The number of pyridine rings is 1. The molecule has 0 saturated carbocycles. The molecule has 134 valence electrons. The number of fused-ring (bicyclic) bond motifs is 1. The summed E-state index contributed by atoms with van der Waals surface area (Å²) in [6.45, 7) is 5.90. The zero-order valence-corrected chi connectivity index (χ0v) is 14.7. The minimum atomic E-state index is 0.474. The third-order valence-electron chi connectivity index (χ3n) is 5.31. The van der Waals surface area contributed by atoms with Crippen LogP contribution >= 0.6 is 0 Å². The summed E-state index contributed by atoms with van der Waals surface area (Å²) in [5, 5.41) is 0. The fourth-order valence-electron chi connectivity index (χ4n) is 3.99. The molecule has 0 spiro atoms. The second kappa shape index (κ2) is 8.02. The maximum absolute atomic E-state index is 5.83. The maximum Gasteiger partial charge on any atom is 0.213 e. The van der Waals surface area contributed by atoms with Gasteiger partial charge in [0.1, 0.15) is 0 Å². The third kappa shape index (κ3) is 4.22. The van der Waals surface area contributed by atoms with Gasteiger partial charge in [-0.2, -0.15) is 0 Å². The van der Waals surface area contributed by atoms with Crippen molar-refractivity contribution in [1.82, 2.24) is 14.5 Å². The molecule has 4 rings (SSSR count). The average molecular weight is 341 g/mol. The van der Waals surface area contributed by atoms with Crippen molar-refractivity contribution in [2.75, 3.05) is 32.9 Å². The fraction of sp³-hybridized carbons (Fsp3) is 0.550. The summed E-state index contributed by atoms with van der Waals surface area (Å²) in [7, 11) is 0. The van der Waals surface area contributed by atoms with E-state index in [0.717, 1.165) is 38.6 Å². The fourth-order valence-corrected chi connectivity index (χ4v) is 3.99. The van der Waals surface area contributed by atoms with Crippen molar-refractivity contribution in [3.63, 3.8) is 0 Å². The Morgan fingerprint density at radius 1 is 1.16 bits per heavy atom. The van der Waals surface area contributed by atoms with E-state index in [9.17, 15) is 0 Å². The molecule has 2 aromatic heterocycles. The highest BCUT2D eigenvalue weighted by molar-refractivity contribution is 5.12. The highest BCUT2D eigenvalue weighted by atomic mass is 16.5. The first-order valence-corrected chi connectivity index (χ1v) is 9.38. The summed E-state index contributed by atoms with van der Waals surface area (Å²) in [6.07, 6.45) is 7.39. The molecular weight excluding hydrogens is 314 g/mol. The molecule has 0 radical (unpaired) electrons. The molecule has 5 heteroatoms. The van der Waals surface area contributed by atoms with Gasteiger partial charge in [-0.05, 0) is 37.0 Å². The van der Waals surface area contributed by atoms with Crippen molar-refractivity contribution < 1.29 is 9.47 Å². The molecule has 1 saturated heterocycles. The van der Waals surface area contributed by atoms with E-state index < -0.39 is 0 Å². The Balaban J connectivity index is 1.35. The zero-order valence-electron chi connectivity index (χ0n) is 14.7. The summed E-state index contributed by atoms with van der Waals surface area (Å²) in [4.78, 5) is 6.86. The average Bonchev–Trinajstić information content (AvgIpc) is 3.12. The summed E-state index contributed by atoms with van der Waals surface area (Å²) >= 11 is 0. The molecule has 2 aliphatic heterocycles. The number of hydrogen-bond acceptors (Lipinski definition) is 4.